The lowest BCUT2D eigenvalue weighted by molar-refractivity contribution is -0.156. The second kappa shape index (κ2) is 8.49. The first kappa shape index (κ1) is 20.2. The normalized spacial score (nSPS) is 20.0. The number of ether oxygens (including phenoxy) is 1. The Labute approximate surface area is 154 Å². The summed E-state index contributed by atoms with van der Waals surface area (Å²) in [5.74, 6) is -0.911. The molecule has 26 heavy (non-hydrogen) atoms. The highest BCUT2D eigenvalue weighted by atomic mass is 32.2. The summed E-state index contributed by atoms with van der Waals surface area (Å²) >= 11 is 0. The average Bonchev–Trinajstić information content (AvgIpc) is 2.94. The first-order valence-electron chi connectivity index (χ1n) is 8.68. The van der Waals surface area contributed by atoms with Crippen molar-refractivity contribution in [2.75, 3.05) is 18.1 Å². The van der Waals surface area contributed by atoms with Gasteiger partial charge in [-0.25, -0.2) is 13.2 Å². The van der Waals surface area contributed by atoms with Gasteiger partial charge in [0.15, 0.2) is 15.9 Å². The van der Waals surface area contributed by atoms with Gasteiger partial charge in [-0.2, -0.15) is 0 Å². The molecule has 0 N–H and O–H groups in total. The van der Waals surface area contributed by atoms with Crippen LogP contribution in [0.4, 0.5) is 0 Å². The van der Waals surface area contributed by atoms with Crippen LogP contribution in [0.5, 0.6) is 0 Å². The molecule has 7 heteroatoms. The molecule has 2 atom stereocenters. The minimum absolute atomic E-state index is 0.0273. The van der Waals surface area contributed by atoms with Crippen molar-refractivity contribution in [2.45, 2.75) is 39.3 Å². The molecule has 142 valence electrons. The fourth-order valence-electron chi connectivity index (χ4n) is 3.04. The van der Waals surface area contributed by atoms with Crippen molar-refractivity contribution < 1.29 is 22.7 Å². The quantitative estimate of drug-likeness (QED) is 0.558. The number of benzene rings is 1. The van der Waals surface area contributed by atoms with Gasteiger partial charge in [0.1, 0.15) is 0 Å². The minimum Gasteiger partial charge on any atom is -0.449 e. The Morgan fingerprint density at radius 2 is 2.04 bits per heavy atom. The molecule has 0 bridgehead atoms. The van der Waals surface area contributed by atoms with Gasteiger partial charge >= 0.3 is 5.97 Å². The van der Waals surface area contributed by atoms with Gasteiger partial charge in [0.2, 0.25) is 0 Å². The molecule has 0 aromatic heterocycles. The van der Waals surface area contributed by atoms with Gasteiger partial charge in [-0.15, -0.1) is 0 Å². The first-order chi connectivity index (χ1) is 12.2. The SMILES string of the molecule is CCN(C(=O)[C@H](C)OC(=O)/C=C/c1ccccc1C)[C@H]1CCS(=O)(=O)C1. The maximum absolute atomic E-state index is 12.6. The molecule has 1 heterocycles. The second-order valence-electron chi connectivity index (χ2n) is 6.45. The lowest BCUT2D eigenvalue weighted by Crippen LogP contribution is -2.46. The van der Waals surface area contributed by atoms with E-state index >= 15 is 0 Å². The number of rotatable bonds is 6. The molecule has 1 aromatic carbocycles. The van der Waals surface area contributed by atoms with Crippen LogP contribution in [0.15, 0.2) is 30.3 Å². The Morgan fingerprint density at radius 3 is 2.62 bits per heavy atom. The molecule has 0 saturated carbocycles. The van der Waals surface area contributed by atoms with E-state index in [4.69, 9.17) is 4.74 Å². The summed E-state index contributed by atoms with van der Waals surface area (Å²) in [6.45, 7) is 5.61. The Bertz CT molecular complexity index is 800. The summed E-state index contributed by atoms with van der Waals surface area (Å²) in [6.07, 6.45) is 2.40. The third-order valence-corrected chi connectivity index (χ3v) is 6.25. The molecule has 6 nitrogen and oxygen atoms in total. The number of carbonyl (C=O) groups is 2. The van der Waals surface area contributed by atoms with E-state index in [0.29, 0.717) is 13.0 Å². The summed E-state index contributed by atoms with van der Waals surface area (Å²) < 4.78 is 28.5. The van der Waals surface area contributed by atoms with Crippen LogP contribution in [0, 0.1) is 6.92 Å². The monoisotopic (exact) mass is 379 g/mol. The second-order valence-corrected chi connectivity index (χ2v) is 8.68. The van der Waals surface area contributed by atoms with Crippen LogP contribution < -0.4 is 0 Å². The van der Waals surface area contributed by atoms with E-state index in [2.05, 4.69) is 0 Å². The summed E-state index contributed by atoms with van der Waals surface area (Å²) in [7, 11) is -3.09. The Hall–Kier alpha value is -2.15. The largest absolute Gasteiger partial charge is 0.449 e. The smallest absolute Gasteiger partial charge is 0.331 e. The zero-order chi connectivity index (χ0) is 19.3. The molecular weight excluding hydrogens is 354 g/mol. The summed E-state index contributed by atoms with van der Waals surface area (Å²) in [5.41, 5.74) is 1.93. The van der Waals surface area contributed by atoms with Gasteiger partial charge in [-0.3, -0.25) is 4.79 Å². The Kier molecular flexibility index (Phi) is 6.58. The van der Waals surface area contributed by atoms with Gasteiger partial charge in [-0.1, -0.05) is 24.3 Å². The van der Waals surface area contributed by atoms with Crippen molar-refractivity contribution in [3.05, 3.63) is 41.5 Å². The van der Waals surface area contributed by atoms with Crippen LogP contribution in [0.25, 0.3) is 6.08 Å². The molecule has 1 saturated heterocycles. The first-order valence-corrected chi connectivity index (χ1v) is 10.5. The molecule has 0 radical (unpaired) electrons. The highest BCUT2D eigenvalue weighted by Gasteiger charge is 2.36. The number of hydrogen-bond donors (Lipinski definition) is 0. The predicted molar refractivity (Wildman–Crippen MR) is 100 cm³/mol. The third-order valence-electron chi connectivity index (χ3n) is 4.50. The molecule has 2 rings (SSSR count). The number of carbonyl (C=O) groups excluding carboxylic acids is 2. The highest BCUT2D eigenvalue weighted by Crippen LogP contribution is 2.19. The van der Waals surface area contributed by atoms with E-state index in [1.165, 1.54) is 17.9 Å². The minimum atomic E-state index is -3.09. The maximum atomic E-state index is 12.6. The fraction of sp³-hybridized carbons (Fsp3) is 0.474. The number of hydrogen-bond acceptors (Lipinski definition) is 5. The van der Waals surface area contributed by atoms with Crippen molar-refractivity contribution in [3.63, 3.8) is 0 Å². The molecular formula is C19H25NO5S. The standard InChI is InChI=1S/C19H25NO5S/c1-4-20(17-11-12-26(23,24)13-17)19(22)15(3)25-18(21)10-9-16-8-6-5-7-14(16)2/h5-10,15,17H,4,11-13H2,1-3H3/b10-9+/t15-,17-/m0/s1. The van der Waals surface area contributed by atoms with E-state index in [1.54, 1.807) is 13.0 Å². The zero-order valence-electron chi connectivity index (χ0n) is 15.3. The van der Waals surface area contributed by atoms with Crippen molar-refractivity contribution in [1.82, 2.24) is 4.90 Å². The third kappa shape index (κ3) is 5.17. The fourth-order valence-corrected chi connectivity index (χ4v) is 4.77. The number of likely N-dealkylation sites (N-methyl/N-ethyl adjacent to an activating group) is 1. The van der Waals surface area contributed by atoms with Crippen molar-refractivity contribution in [1.29, 1.82) is 0 Å². The summed E-state index contributed by atoms with van der Waals surface area (Å²) in [4.78, 5) is 26.1. The molecule has 0 spiro atoms. The Morgan fingerprint density at radius 1 is 1.35 bits per heavy atom. The molecule has 1 aromatic rings. The lowest BCUT2D eigenvalue weighted by atomic mass is 10.1. The van der Waals surface area contributed by atoms with E-state index < -0.39 is 21.9 Å². The molecule has 1 fully saturated rings. The Balaban J connectivity index is 1.97. The van der Waals surface area contributed by atoms with Gasteiger partial charge in [0.05, 0.1) is 11.5 Å². The van der Waals surface area contributed by atoms with Crippen molar-refractivity contribution in [3.8, 4) is 0 Å². The average molecular weight is 379 g/mol. The van der Waals surface area contributed by atoms with Gasteiger partial charge in [0, 0.05) is 18.7 Å². The van der Waals surface area contributed by atoms with E-state index in [0.717, 1.165) is 11.1 Å². The maximum Gasteiger partial charge on any atom is 0.331 e. The topological polar surface area (TPSA) is 80.8 Å². The van der Waals surface area contributed by atoms with Crippen LogP contribution in [-0.2, 0) is 24.2 Å². The van der Waals surface area contributed by atoms with Crippen LogP contribution in [0.3, 0.4) is 0 Å². The van der Waals surface area contributed by atoms with Crippen LogP contribution in [0.1, 0.15) is 31.4 Å². The molecule has 1 aliphatic heterocycles. The van der Waals surface area contributed by atoms with Crippen LogP contribution in [-0.4, -0.2) is 55.4 Å². The van der Waals surface area contributed by atoms with Gasteiger partial charge in [-0.05, 0) is 44.4 Å². The summed E-state index contributed by atoms with van der Waals surface area (Å²) in [5, 5.41) is 0. The van der Waals surface area contributed by atoms with Crippen molar-refractivity contribution in [2.24, 2.45) is 0 Å². The lowest BCUT2D eigenvalue weighted by Gasteiger charge is -2.29. The predicted octanol–water partition coefficient (Wildman–Crippen LogP) is 1.98. The van der Waals surface area contributed by atoms with Crippen molar-refractivity contribution >= 4 is 27.8 Å². The zero-order valence-corrected chi connectivity index (χ0v) is 16.2. The number of sulfone groups is 1. The number of esters is 1. The van der Waals surface area contributed by atoms with Gasteiger partial charge in [0.25, 0.3) is 5.91 Å². The molecule has 1 aliphatic rings. The van der Waals surface area contributed by atoms with Gasteiger partial charge < -0.3 is 9.64 Å². The summed E-state index contributed by atoms with van der Waals surface area (Å²) in [6, 6.07) is 7.26. The molecule has 0 aliphatic carbocycles. The van der Waals surface area contributed by atoms with Crippen LogP contribution >= 0.6 is 0 Å². The van der Waals surface area contributed by atoms with E-state index in [1.807, 2.05) is 31.2 Å². The highest BCUT2D eigenvalue weighted by molar-refractivity contribution is 7.91. The molecule has 0 unspecified atom stereocenters. The number of amides is 1. The van der Waals surface area contributed by atoms with E-state index in [9.17, 15) is 18.0 Å². The number of nitrogens with zero attached hydrogens (tertiary/aromatic N) is 1. The van der Waals surface area contributed by atoms with E-state index in [-0.39, 0.29) is 23.5 Å². The van der Waals surface area contributed by atoms with Crippen LogP contribution in [0.2, 0.25) is 0 Å². The number of aryl methyl sites for hydroxylation is 1. The molecule has 1 amide bonds.